The minimum atomic E-state index is -1.23. The molecule has 2 saturated heterocycles. The van der Waals surface area contributed by atoms with Gasteiger partial charge in [0.2, 0.25) is 11.1 Å². The van der Waals surface area contributed by atoms with E-state index in [1.165, 1.54) is 44.6 Å². The number of thioether (sulfide) groups is 2. The maximum absolute atomic E-state index is 13.3. The van der Waals surface area contributed by atoms with Gasteiger partial charge >= 0.3 is 12.1 Å². The van der Waals surface area contributed by atoms with Crippen LogP contribution in [0.1, 0.15) is 32.9 Å². The molecular formula is C24H31N9O7S3. The summed E-state index contributed by atoms with van der Waals surface area (Å²) in [6.07, 6.45) is 1.35. The number of hydrogen-bond acceptors (Lipinski definition) is 14. The number of ether oxygens (including phenoxy) is 1. The molecule has 0 radical (unpaired) electrons. The van der Waals surface area contributed by atoms with E-state index in [9.17, 15) is 24.3 Å². The summed E-state index contributed by atoms with van der Waals surface area (Å²) in [6.45, 7) is 8.98. The molecule has 43 heavy (non-hydrogen) atoms. The molecule has 0 aliphatic carbocycles. The van der Waals surface area contributed by atoms with Gasteiger partial charge in [-0.05, 0) is 30.7 Å². The zero-order valence-corrected chi connectivity index (χ0v) is 26.3. The van der Waals surface area contributed by atoms with Crippen molar-refractivity contribution in [3.05, 3.63) is 23.7 Å². The van der Waals surface area contributed by atoms with E-state index < -0.39 is 46.3 Å². The number of β-lactam (4-membered cyclic amide) rings is 1. The number of rotatable bonds is 13. The molecule has 3 amide bonds. The molecule has 2 aromatic heterocycles. The number of aliphatic carboxylic acids is 1. The van der Waals surface area contributed by atoms with Crippen molar-refractivity contribution in [2.45, 2.75) is 49.4 Å². The fourth-order valence-electron chi connectivity index (χ4n) is 3.90. The number of nitrogens with zero attached hydrogens (tertiary/aromatic N) is 7. The molecule has 0 spiro atoms. The van der Waals surface area contributed by atoms with Gasteiger partial charge in [0.15, 0.2) is 10.8 Å². The zero-order valence-electron chi connectivity index (χ0n) is 23.8. The Morgan fingerprint density at radius 3 is 2.81 bits per heavy atom. The third-order valence-corrected chi connectivity index (χ3v) is 10.3. The summed E-state index contributed by atoms with van der Waals surface area (Å²) in [7, 11) is 1.65. The van der Waals surface area contributed by atoms with Crippen molar-refractivity contribution in [1.29, 1.82) is 0 Å². The van der Waals surface area contributed by atoms with Crippen LogP contribution in [0.5, 0.6) is 0 Å². The Morgan fingerprint density at radius 2 is 2.16 bits per heavy atom. The van der Waals surface area contributed by atoms with Crippen LogP contribution in [0.2, 0.25) is 0 Å². The molecule has 0 saturated carbocycles. The molecule has 3 N–H and O–H groups in total. The van der Waals surface area contributed by atoms with Gasteiger partial charge in [-0.2, -0.15) is 0 Å². The zero-order chi connectivity index (χ0) is 31.4. The Balaban J connectivity index is 1.42. The third-order valence-electron chi connectivity index (χ3n) is 6.68. The van der Waals surface area contributed by atoms with Crippen LogP contribution in [0.25, 0.3) is 0 Å². The van der Waals surface area contributed by atoms with Crippen molar-refractivity contribution >= 4 is 69.6 Å². The molecule has 0 aromatic carbocycles. The lowest BCUT2D eigenvalue weighted by Crippen LogP contribution is -2.74. The summed E-state index contributed by atoms with van der Waals surface area (Å²) in [5.74, 6) is -1.83. The van der Waals surface area contributed by atoms with E-state index in [-0.39, 0.29) is 41.2 Å². The first-order valence-electron chi connectivity index (χ1n) is 13.0. The molecule has 2 fully saturated rings. The number of amides is 3. The number of carboxylic acids is 1. The lowest BCUT2D eigenvalue weighted by atomic mass is 9.89. The first-order chi connectivity index (χ1) is 20.4. The van der Waals surface area contributed by atoms with Crippen LogP contribution in [0, 0.1) is 5.41 Å². The van der Waals surface area contributed by atoms with Crippen LogP contribution in [-0.4, -0.2) is 106 Å². The number of fused-ring (bicyclic) bond motifs is 1. The monoisotopic (exact) mass is 653 g/mol. The first kappa shape index (κ1) is 32.2. The molecular weight excluding hydrogens is 623 g/mol. The molecule has 2 aliphatic heterocycles. The van der Waals surface area contributed by atoms with Crippen LogP contribution in [0.4, 0.5) is 9.93 Å². The number of thiazole rings is 1. The van der Waals surface area contributed by atoms with E-state index in [0.717, 1.165) is 11.3 Å². The van der Waals surface area contributed by atoms with Gasteiger partial charge < -0.3 is 24.9 Å². The summed E-state index contributed by atoms with van der Waals surface area (Å²) >= 11 is 3.51. The standard InChI is InChI=1S/C24H31N9O7S3/c1-6-8-39-29-14(13-9-41-20(25-13)27-22(38)40-23(3,4)7-2)16(34)26-15-17(35)33-10-24(19(36)37,11-42-18(15)33)12-43-21-28-30-31-32(21)5/h6,9,15,18H,1,7-8,10-12H2,2-5H3,(H,26,34)(H,36,37)(H,25,27,38)/t15?,18-,24?/m1/s1. The molecule has 3 atom stereocenters. The van der Waals surface area contributed by atoms with Gasteiger partial charge in [0, 0.05) is 30.5 Å². The van der Waals surface area contributed by atoms with Crippen molar-refractivity contribution in [1.82, 2.24) is 35.4 Å². The molecule has 16 nitrogen and oxygen atoms in total. The number of aromatic nitrogens is 5. The predicted molar refractivity (Wildman–Crippen MR) is 159 cm³/mol. The predicted octanol–water partition coefficient (Wildman–Crippen LogP) is 1.57. The van der Waals surface area contributed by atoms with Crippen molar-refractivity contribution in [3.8, 4) is 0 Å². The number of carboxylic acid groups (broad SMARTS) is 1. The van der Waals surface area contributed by atoms with Gasteiger partial charge in [-0.15, -0.1) is 28.2 Å². The second kappa shape index (κ2) is 13.3. The van der Waals surface area contributed by atoms with Crippen LogP contribution in [0.3, 0.4) is 0 Å². The minimum absolute atomic E-state index is 0.0126. The summed E-state index contributed by atoms with van der Waals surface area (Å²) in [5, 5.41) is 32.0. The molecule has 2 unspecified atom stereocenters. The van der Waals surface area contributed by atoms with Crippen LogP contribution in [0.15, 0.2) is 28.3 Å². The highest BCUT2D eigenvalue weighted by atomic mass is 32.2. The average molecular weight is 654 g/mol. The first-order valence-corrected chi connectivity index (χ1v) is 15.9. The van der Waals surface area contributed by atoms with Crippen molar-refractivity contribution in [3.63, 3.8) is 0 Å². The minimum Gasteiger partial charge on any atom is -0.481 e. The maximum atomic E-state index is 13.3. The SMILES string of the molecule is C=CCON=C(C(=O)NC1C(=O)N2CC(CSc3nnnn3C)(C(=O)O)CS[C@H]12)c1csc(NC(=O)OC(C)(C)CC)n1. The van der Waals surface area contributed by atoms with Crippen LogP contribution < -0.4 is 10.6 Å². The largest absolute Gasteiger partial charge is 0.481 e. The Morgan fingerprint density at radius 1 is 1.40 bits per heavy atom. The summed E-state index contributed by atoms with van der Waals surface area (Å²) in [4.78, 5) is 61.9. The maximum Gasteiger partial charge on any atom is 0.413 e. The Labute approximate surface area is 259 Å². The van der Waals surface area contributed by atoms with E-state index in [4.69, 9.17) is 9.57 Å². The van der Waals surface area contributed by atoms with E-state index in [1.807, 2.05) is 6.92 Å². The van der Waals surface area contributed by atoms with Crippen LogP contribution >= 0.6 is 34.9 Å². The summed E-state index contributed by atoms with van der Waals surface area (Å²) < 4.78 is 6.81. The number of carbonyl (C=O) groups excluding carboxylic acids is 3. The molecule has 232 valence electrons. The fourth-order valence-corrected chi connectivity index (χ4v) is 7.29. The molecule has 0 bridgehead atoms. The van der Waals surface area contributed by atoms with E-state index in [1.54, 1.807) is 20.9 Å². The molecule has 4 heterocycles. The molecule has 4 rings (SSSR count). The lowest BCUT2D eigenvalue weighted by Gasteiger charge is -2.53. The van der Waals surface area contributed by atoms with Crippen molar-refractivity contribution in [2.24, 2.45) is 17.6 Å². The topological polar surface area (TPSA) is 203 Å². The normalized spacial score (nSPS) is 21.8. The summed E-state index contributed by atoms with van der Waals surface area (Å²) in [6, 6.07) is -0.910. The number of aryl methyl sites for hydroxylation is 1. The smallest absolute Gasteiger partial charge is 0.413 e. The Kier molecular flexibility index (Phi) is 9.96. The number of tetrazole rings is 1. The summed E-state index contributed by atoms with van der Waals surface area (Å²) in [5.41, 5.74) is -2.01. The van der Waals surface area contributed by atoms with Gasteiger partial charge in [-0.25, -0.2) is 14.5 Å². The highest BCUT2D eigenvalue weighted by Gasteiger charge is 2.57. The molecule has 19 heteroatoms. The van der Waals surface area contributed by atoms with E-state index in [0.29, 0.717) is 11.6 Å². The van der Waals surface area contributed by atoms with Gasteiger partial charge in [-0.1, -0.05) is 36.5 Å². The molecule has 2 aromatic rings. The highest BCUT2D eigenvalue weighted by molar-refractivity contribution is 8.00. The van der Waals surface area contributed by atoms with Gasteiger partial charge in [-0.3, -0.25) is 19.7 Å². The second-order valence-corrected chi connectivity index (χ2v) is 13.2. The number of nitrogens with one attached hydrogen (secondary N) is 2. The van der Waals surface area contributed by atoms with E-state index in [2.05, 4.69) is 42.9 Å². The van der Waals surface area contributed by atoms with Crippen LogP contribution in [-0.2, 0) is 31.0 Å². The fraction of sp³-hybridized carbons (Fsp3) is 0.542. The number of hydrogen-bond donors (Lipinski definition) is 3. The molecule has 2 aliphatic rings. The number of carbonyl (C=O) groups is 4. The Hall–Kier alpha value is -3.71. The average Bonchev–Trinajstić information content (AvgIpc) is 3.60. The quantitative estimate of drug-likeness (QED) is 0.0703. The van der Waals surface area contributed by atoms with Crippen molar-refractivity contribution < 1.29 is 33.9 Å². The number of oxime groups is 1. The second-order valence-electron chi connectivity index (χ2n) is 10.3. The van der Waals surface area contributed by atoms with Gasteiger partial charge in [0.1, 0.15) is 34.7 Å². The Bertz CT molecular complexity index is 1430. The third kappa shape index (κ3) is 7.27. The number of anilines is 1. The van der Waals surface area contributed by atoms with Crippen molar-refractivity contribution in [2.75, 3.05) is 30.0 Å². The van der Waals surface area contributed by atoms with Gasteiger partial charge in [0.25, 0.3) is 5.91 Å². The highest BCUT2D eigenvalue weighted by Crippen LogP contribution is 2.44. The lowest BCUT2D eigenvalue weighted by molar-refractivity contribution is -0.157. The van der Waals surface area contributed by atoms with Gasteiger partial charge in [0.05, 0.1) is 0 Å². The van der Waals surface area contributed by atoms with E-state index >= 15 is 0 Å².